The number of carbonyl (C=O) groups excluding carboxylic acids is 1. The van der Waals surface area contributed by atoms with Crippen LogP contribution in [0.25, 0.3) is 22.2 Å². The van der Waals surface area contributed by atoms with Crippen LogP contribution in [0.4, 0.5) is 15.8 Å². The number of aromatic nitrogens is 2. The maximum Gasteiger partial charge on any atom is 0.143 e. The number of nitrogens with one attached hydrogen (secondary N) is 1. The van der Waals surface area contributed by atoms with Gasteiger partial charge in [-0.2, -0.15) is 0 Å². The van der Waals surface area contributed by atoms with E-state index in [0.29, 0.717) is 5.56 Å². The van der Waals surface area contributed by atoms with E-state index in [2.05, 4.69) is 59.0 Å². The molecule has 7 heteroatoms. The Morgan fingerprint density at radius 2 is 1.75 bits per heavy atom. The topological polar surface area (TPSA) is 53.4 Å². The molecule has 5 rings (SSSR count). The van der Waals surface area contributed by atoms with Gasteiger partial charge in [-0.1, -0.05) is 5.57 Å². The minimum atomic E-state index is -0.189. The predicted octanol–water partition coefficient (Wildman–Crippen LogP) is 6.17. The normalized spacial score (nSPS) is 16.4. The molecule has 3 aromatic rings. The molecule has 0 bridgehead atoms. The van der Waals surface area contributed by atoms with Crippen LogP contribution in [0.1, 0.15) is 51.3 Å². The lowest BCUT2D eigenvalue weighted by atomic mass is 10.0. The monoisotopic (exact) mass is 491 g/mol. The van der Waals surface area contributed by atoms with Gasteiger partial charge in [0.05, 0.1) is 11.1 Å². The maximum absolute atomic E-state index is 15.3. The predicted molar refractivity (Wildman–Crippen MR) is 147 cm³/mol. The van der Waals surface area contributed by atoms with Gasteiger partial charge in [0.15, 0.2) is 0 Å². The van der Waals surface area contributed by atoms with E-state index in [-0.39, 0.29) is 11.9 Å². The Kier molecular flexibility index (Phi) is 8.09. The molecule has 0 aliphatic carbocycles. The van der Waals surface area contributed by atoms with E-state index in [1.165, 1.54) is 18.4 Å². The van der Waals surface area contributed by atoms with Crippen LogP contribution in [0.3, 0.4) is 0 Å². The fourth-order valence-corrected chi connectivity index (χ4v) is 5.21. The second kappa shape index (κ2) is 11.2. The zero-order valence-electron chi connectivity index (χ0n) is 22.0. The number of pyridine rings is 1. The standard InChI is InChI=1S/C28H36FN5.CH2O/c1-19(2)34-18-24(23-16-22(7-8-25(23)29)33-11-5-6-12-33)27-26(15-20(3)31-28(27)34)30-17-21-9-13-32(4)14-10-21;1-2/h7-8,15-19H,5-6,9-14H2,1-4H3,(H,30,31);1H2. The van der Waals surface area contributed by atoms with Crippen LogP contribution in [0.5, 0.6) is 0 Å². The van der Waals surface area contributed by atoms with E-state index in [1.54, 1.807) is 6.07 Å². The molecule has 0 amide bonds. The zero-order chi connectivity index (χ0) is 25.8. The highest BCUT2D eigenvalue weighted by molar-refractivity contribution is 6.03. The van der Waals surface area contributed by atoms with E-state index in [4.69, 9.17) is 9.78 Å². The molecule has 192 valence electrons. The summed E-state index contributed by atoms with van der Waals surface area (Å²) in [5, 5.41) is 4.59. The Morgan fingerprint density at radius 3 is 2.42 bits per heavy atom. The number of halogens is 1. The molecule has 4 heterocycles. The molecule has 2 aliphatic rings. The number of nitrogens with zero attached hydrogens (tertiary/aromatic N) is 4. The molecule has 36 heavy (non-hydrogen) atoms. The second-order valence-corrected chi connectivity index (χ2v) is 10.2. The SMILES string of the molecule is C=O.Cc1cc(NC=C2CCN(C)CC2)c2c(-c3cc(N4CCCC4)ccc3F)cn(C(C)C)c2n1. The number of likely N-dealkylation sites (tertiary alicyclic amines) is 1. The van der Waals surface area contributed by atoms with Gasteiger partial charge in [-0.05, 0) is 77.8 Å². The summed E-state index contributed by atoms with van der Waals surface area (Å²) in [5.41, 5.74) is 6.92. The smallest absolute Gasteiger partial charge is 0.143 e. The summed E-state index contributed by atoms with van der Waals surface area (Å²) >= 11 is 0. The van der Waals surface area contributed by atoms with Crippen molar-refractivity contribution < 1.29 is 9.18 Å². The lowest BCUT2D eigenvalue weighted by Gasteiger charge is -2.24. The van der Waals surface area contributed by atoms with Gasteiger partial charge in [-0.3, -0.25) is 0 Å². The minimum absolute atomic E-state index is 0.189. The summed E-state index contributed by atoms with van der Waals surface area (Å²) in [7, 11) is 2.17. The molecule has 6 nitrogen and oxygen atoms in total. The first kappa shape index (κ1) is 25.9. The average Bonchev–Trinajstić information content (AvgIpc) is 3.54. The Balaban J connectivity index is 0.00000148. The van der Waals surface area contributed by atoms with E-state index in [0.717, 1.165) is 72.7 Å². The highest BCUT2D eigenvalue weighted by Crippen LogP contribution is 2.39. The summed E-state index contributed by atoms with van der Waals surface area (Å²) in [6, 6.07) is 7.87. The van der Waals surface area contributed by atoms with Crippen LogP contribution in [0.2, 0.25) is 0 Å². The van der Waals surface area contributed by atoms with Crippen LogP contribution < -0.4 is 10.2 Å². The summed E-state index contributed by atoms with van der Waals surface area (Å²) in [5.74, 6) is -0.189. The third-order valence-electron chi connectivity index (χ3n) is 7.24. The molecule has 0 atom stereocenters. The second-order valence-electron chi connectivity index (χ2n) is 10.2. The molecule has 1 N–H and O–H groups in total. The van der Waals surface area contributed by atoms with Gasteiger partial charge in [0.25, 0.3) is 0 Å². The molecular weight excluding hydrogens is 453 g/mol. The number of piperidine rings is 1. The van der Waals surface area contributed by atoms with E-state index in [1.807, 2.05) is 25.8 Å². The zero-order valence-corrected chi connectivity index (χ0v) is 22.0. The Bertz CT molecular complexity index is 1230. The van der Waals surface area contributed by atoms with Crippen molar-refractivity contribution in [3.05, 3.63) is 53.7 Å². The highest BCUT2D eigenvalue weighted by atomic mass is 19.1. The molecule has 2 aromatic heterocycles. The molecule has 2 aliphatic heterocycles. The summed E-state index contributed by atoms with van der Waals surface area (Å²) in [4.78, 5) is 17.6. The molecule has 0 spiro atoms. The summed E-state index contributed by atoms with van der Waals surface area (Å²) in [6.07, 6.45) is 8.78. The van der Waals surface area contributed by atoms with Crippen molar-refractivity contribution >= 4 is 29.2 Å². The van der Waals surface area contributed by atoms with Crippen LogP contribution in [-0.4, -0.2) is 54.5 Å². The molecule has 0 unspecified atom stereocenters. The van der Waals surface area contributed by atoms with Crippen LogP contribution >= 0.6 is 0 Å². The van der Waals surface area contributed by atoms with Gasteiger partial charge < -0.3 is 24.5 Å². The fraction of sp³-hybridized carbons (Fsp3) is 0.448. The van der Waals surface area contributed by atoms with Gasteiger partial charge in [-0.25, -0.2) is 9.37 Å². The van der Waals surface area contributed by atoms with Gasteiger partial charge in [0.1, 0.15) is 18.3 Å². The van der Waals surface area contributed by atoms with Gasteiger partial charge in [0, 0.05) is 67.1 Å². The molecule has 1 aromatic carbocycles. The molecule has 2 fully saturated rings. The van der Waals surface area contributed by atoms with Crippen LogP contribution in [0, 0.1) is 12.7 Å². The van der Waals surface area contributed by atoms with Crippen molar-refractivity contribution in [2.45, 2.75) is 52.5 Å². The molecular formula is C29H38FN5O. The van der Waals surface area contributed by atoms with E-state index in [9.17, 15) is 0 Å². The Morgan fingerprint density at radius 1 is 1.06 bits per heavy atom. The Labute approximate surface area is 213 Å². The van der Waals surface area contributed by atoms with E-state index < -0.39 is 0 Å². The number of benzene rings is 1. The fourth-order valence-electron chi connectivity index (χ4n) is 5.21. The van der Waals surface area contributed by atoms with Gasteiger partial charge in [0.2, 0.25) is 0 Å². The van der Waals surface area contributed by atoms with Crippen molar-refractivity contribution in [1.82, 2.24) is 14.5 Å². The summed E-state index contributed by atoms with van der Waals surface area (Å²) < 4.78 is 17.5. The minimum Gasteiger partial charge on any atom is -0.372 e. The summed E-state index contributed by atoms with van der Waals surface area (Å²) in [6.45, 7) is 12.6. The molecule has 0 radical (unpaired) electrons. The number of carbonyl (C=O) groups is 1. The van der Waals surface area contributed by atoms with Crippen molar-refractivity contribution in [2.75, 3.05) is 43.4 Å². The number of hydrogen-bond donors (Lipinski definition) is 1. The number of aryl methyl sites for hydroxylation is 1. The third-order valence-corrected chi connectivity index (χ3v) is 7.24. The van der Waals surface area contributed by atoms with Crippen molar-refractivity contribution in [1.29, 1.82) is 0 Å². The van der Waals surface area contributed by atoms with Crippen molar-refractivity contribution in [3.63, 3.8) is 0 Å². The Hall–Kier alpha value is -3.19. The van der Waals surface area contributed by atoms with E-state index >= 15 is 4.39 Å². The van der Waals surface area contributed by atoms with Crippen LogP contribution in [-0.2, 0) is 4.79 Å². The largest absolute Gasteiger partial charge is 0.372 e. The highest BCUT2D eigenvalue weighted by Gasteiger charge is 2.22. The first-order valence-corrected chi connectivity index (χ1v) is 12.9. The quantitative estimate of drug-likeness (QED) is 0.463. The third kappa shape index (κ3) is 5.31. The number of rotatable bonds is 5. The number of anilines is 2. The van der Waals surface area contributed by atoms with Gasteiger partial charge >= 0.3 is 0 Å². The maximum atomic E-state index is 15.3. The number of fused-ring (bicyclic) bond motifs is 1. The van der Waals surface area contributed by atoms with Crippen molar-refractivity contribution in [3.8, 4) is 11.1 Å². The first-order chi connectivity index (χ1) is 17.4. The molecule has 0 saturated carbocycles. The number of hydrogen-bond acceptors (Lipinski definition) is 5. The first-order valence-electron chi connectivity index (χ1n) is 12.9. The van der Waals surface area contributed by atoms with Gasteiger partial charge in [-0.15, -0.1) is 0 Å². The average molecular weight is 492 g/mol. The lowest BCUT2D eigenvalue weighted by molar-refractivity contribution is -0.0979. The lowest BCUT2D eigenvalue weighted by Crippen LogP contribution is -2.26. The van der Waals surface area contributed by atoms with Crippen LogP contribution in [0.15, 0.2) is 42.2 Å². The molecule has 2 saturated heterocycles. The van der Waals surface area contributed by atoms with Crippen molar-refractivity contribution in [2.24, 2.45) is 0 Å².